The van der Waals surface area contributed by atoms with Crippen molar-refractivity contribution in [1.82, 2.24) is 5.32 Å². The van der Waals surface area contributed by atoms with Gasteiger partial charge in [0.1, 0.15) is 5.82 Å². The maximum absolute atomic E-state index is 13.1. The average Bonchev–Trinajstić information content (AvgIpc) is 2.63. The lowest BCUT2D eigenvalue weighted by Crippen LogP contribution is -2.41. The van der Waals surface area contributed by atoms with E-state index >= 15 is 0 Å². The Morgan fingerprint density at radius 2 is 2.00 bits per heavy atom. The van der Waals surface area contributed by atoms with Crippen LogP contribution in [0.4, 0.5) is 4.39 Å². The van der Waals surface area contributed by atoms with E-state index in [1.165, 1.54) is 12.1 Å². The fourth-order valence-corrected chi connectivity index (χ4v) is 3.59. The Morgan fingerprint density at radius 3 is 2.50 bits per heavy atom. The third-order valence-electron chi connectivity index (χ3n) is 4.61. The SMILES string of the molecule is CNC(Cc1ccc(F)cc1Cl)C1C(C)OC(C)C1C. The van der Waals surface area contributed by atoms with Gasteiger partial charge in [0.15, 0.2) is 0 Å². The molecule has 0 radical (unpaired) electrons. The van der Waals surface area contributed by atoms with E-state index in [2.05, 4.69) is 26.1 Å². The van der Waals surface area contributed by atoms with Crippen LogP contribution in [0.2, 0.25) is 5.02 Å². The van der Waals surface area contributed by atoms with Crippen LogP contribution in [0, 0.1) is 17.7 Å². The zero-order valence-electron chi connectivity index (χ0n) is 12.5. The molecule has 1 aliphatic rings. The van der Waals surface area contributed by atoms with Crippen LogP contribution in [0.1, 0.15) is 26.3 Å². The monoisotopic (exact) mass is 299 g/mol. The van der Waals surface area contributed by atoms with Gasteiger partial charge in [-0.15, -0.1) is 0 Å². The Kier molecular flexibility index (Phi) is 5.05. The lowest BCUT2D eigenvalue weighted by atomic mass is 9.81. The number of nitrogens with one attached hydrogen (secondary N) is 1. The molecule has 1 aromatic rings. The first kappa shape index (κ1) is 15.7. The zero-order chi connectivity index (χ0) is 14.9. The lowest BCUT2D eigenvalue weighted by Gasteiger charge is -2.29. The fraction of sp³-hybridized carbons (Fsp3) is 0.625. The summed E-state index contributed by atoms with van der Waals surface area (Å²) in [6, 6.07) is 4.89. The first-order valence-electron chi connectivity index (χ1n) is 7.20. The van der Waals surface area contributed by atoms with Crippen molar-refractivity contribution in [2.75, 3.05) is 7.05 Å². The van der Waals surface area contributed by atoms with Crippen LogP contribution in [0.25, 0.3) is 0 Å². The fourth-order valence-electron chi connectivity index (χ4n) is 3.34. The van der Waals surface area contributed by atoms with Crippen molar-refractivity contribution in [3.63, 3.8) is 0 Å². The maximum atomic E-state index is 13.1. The predicted octanol–water partition coefficient (Wildman–Crippen LogP) is 3.67. The van der Waals surface area contributed by atoms with E-state index in [0.717, 1.165) is 12.0 Å². The molecule has 0 spiro atoms. The maximum Gasteiger partial charge on any atom is 0.124 e. The standard InChI is InChI=1S/C16H23ClFNO/c1-9-10(2)20-11(3)16(9)15(19-4)7-12-5-6-13(18)8-14(12)17/h5-6,8-11,15-16,19H,7H2,1-4H3. The third kappa shape index (κ3) is 3.16. The molecule has 5 atom stereocenters. The number of benzene rings is 1. The van der Waals surface area contributed by atoms with E-state index in [-0.39, 0.29) is 24.1 Å². The minimum Gasteiger partial charge on any atom is -0.375 e. The van der Waals surface area contributed by atoms with E-state index in [9.17, 15) is 4.39 Å². The van der Waals surface area contributed by atoms with Gasteiger partial charge in [0.25, 0.3) is 0 Å². The van der Waals surface area contributed by atoms with Crippen molar-refractivity contribution in [2.24, 2.45) is 11.8 Å². The van der Waals surface area contributed by atoms with Crippen LogP contribution >= 0.6 is 11.6 Å². The van der Waals surface area contributed by atoms with Gasteiger partial charge in [0.2, 0.25) is 0 Å². The Morgan fingerprint density at radius 1 is 1.30 bits per heavy atom. The molecule has 0 amide bonds. The summed E-state index contributed by atoms with van der Waals surface area (Å²) in [5.74, 6) is 0.622. The smallest absolute Gasteiger partial charge is 0.124 e. The van der Waals surface area contributed by atoms with Crippen molar-refractivity contribution in [2.45, 2.75) is 45.4 Å². The second-order valence-corrected chi connectivity index (χ2v) is 6.23. The van der Waals surface area contributed by atoms with E-state index in [1.807, 2.05) is 7.05 Å². The number of hydrogen-bond acceptors (Lipinski definition) is 2. The van der Waals surface area contributed by atoms with Gasteiger partial charge < -0.3 is 10.1 Å². The van der Waals surface area contributed by atoms with Gasteiger partial charge in [-0.25, -0.2) is 4.39 Å². The lowest BCUT2D eigenvalue weighted by molar-refractivity contribution is 0.0479. The van der Waals surface area contributed by atoms with E-state index in [1.54, 1.807) is 6.07 Å². The molecule has 1 saturated heterocycles. The molecule has 112 valence electrons. The highest BCUT2D eigenvalue weighted by atomic mass is 35.5. The number of likely N-dealkylation sites (N-methyl/N-ethyl adjacent to an activating group) is 1. The van der Waals surface area contributed by atoms with Crippen LogP contribution in [0.15, 0.2) is 18.2 Å². The number of halogens is 2. The molecule has 20 heavy (non-hydrogen) atoms. The minimum absolute atomic E-state index is 0.219. The van der Waals surface area contributed by atoms with E-state index in [4.69, 9.17) is 16.3 Å². The summed E-state index contributed by atoms with van der Waals surface area (Å²) in [6.07, 6.45) is 1.27. The number of rotatable bonds is 4. The molecule has 0 bridgehead atoms. The zero-order valence-corrected chi connectivity index (χ0v) is 13.2. The molecule has 2 rings (SSSR count). The molecular weight excluding hydrogens is 277 g/mol. The van der Waals surface area contributed by atoms with Crippen molar-refractivity contribution in [3.8, 4) is 0 Å². The molecular formula is C16H23ClFNO. The molecule has 1 fully saturated rings. The molecule has 0 aromatic heterocycles. The summed E-state index contributed by atoms with van der Waals surface area (Å²) < 4.78 is 19.0. The van der Waals surface area contributed by atoms with E-state index in [0.29, 0.717) is 16.9 Å². The first-order valence-corrected chi connectivity index (χ1v) is 7.58. The van der Waals surface area contributed by atoms with E-state index < -0.39 is 0 Å². The summed E-state index contributed by atoms with van der Waals surface area (Å²) in [5, 5.41) is 3.88. The Bertz CT molecular complexity index is 468. The van der Waals surface area contributed by atoms with Gasteiger partial charge in [-0.2, -0.15) is 0 Å². The molecule has 1 heterocycles. The third-order valence-corrected chi connectivity index (χ3v) is 4.96. The van der Waals surface area contributed by atoms with Gasteiger partial charge in [-0.05, 0) is 50.9 Å². The van der Waals surface area contributed by atoms with Gasteiger partial charge in [-0.3, -0.25) is 0 Å². The minimum atomic E-state index is -0.292. The highest BCUT2D eigenvalue weighted by Crippen LogP contribution is 2.36. The topological polar surface area (TPSA) is 21.3 Å². The first-order chi connectivity index (χ1) is 9.43. The highest BCUT2D eigenvalue weighted by molar-refractivity contribution is 6.31. The molecule has 1 N–H and O–H groups in total. The molecule has 1 aromatic carbocycles. The summed E-state index contributed by atoms with van der Waals surface area (Å²) in [6.45, 7) is 6.48. The van der Waals surface area contributed by atoms with Crippen LogP contribution in [-0.4, -0.2) is 25.3 Å². The van der Waals surface area contributed by atoms with Crippen LogP contribution < -0.4 is 5.32 Å². The molecule has 2 nitrogen and oxygen atoms in total. The molecule has 5 unspecified atom stereocenters. The summed E-state index contributed by atoms with van der Waals surface area (Å²) >= 11 is 6.14. The number of hydrogen-bond donors (Lipinski definition) is 1. The van der Waals surface area contributed by atoms with Crippen molar-refractivity contribution < 1.29 is 9.13 Å². The van der Waals surface area contributed by atoms with Crippen LogP contribution in [0.3, 0.4) is 0 Å². The Hall–Kier alpha value is -0.640. The summed E-state index contributed by atoms with van der Waals surface area (Å²) in [5.41, 5.74) is 0.978. The molecule has 1 aliphatic heterocycles. The van der Waals surface area contributed by atoms with Gasteiger partial charge >= 0.3 is 0 Å². The molecule has 0 aliphatic carbocycles. The predicted molar refractivity (Wildman–Crippen MR) is 80.6 cm³/mol. The quantitative estimate of drug-likeness (QED) is 0.916. The molecule has 0 saturated carbocycles. The summed E-state index contributed by atoms with van der Waals surface area (Å²) in [7, 11) is 1.96. The van der Waals surface area contributed by atoms with Crippen molar-refractivity contribution in [1.29, 1.82) is 0 Å². The Labute approximate surface area is 125 Å². The average molecular weight is 300 g/mol. The van der Waals surface area contributed by atoms with Gasteiger partial charge in [-0.1, -0.05) is 24.6 Å². The molecule has 4 heteroatoms. The normalized spacial score (nSPS) is 31.5. The second-order valence-electron chi connectivity index (χ2n) is 5.82. The largest absolute Gasteiger partial charge is 0.375 e. The van der Waals surface area contributed by atoms with Gasteiger partial charge in [0, 0.05) is 17.0 Å². The second kappa shape index (κ2) is 6.42. The summed E-state index contributed by atoms with van der Waals surface area (Å²) in [4.78, 5) is 0. The Balaban J connectivity index is 2.16. The highest BCUT2D eigenvalue weighted by Gasteiger charge is 2.41. The van der Waals surface area contributed by atoms with Crippen molar-refractivity contribution in [3.05, 3.63) is 34.6 Å². The number of ether oxygens (including phenoxy) is 1. The van der Waals surface area contributed by atoms with Gasteiger partial charge in [0.05, 0.1) is 12.2 Å². The van der Waals surface area contributed by atoms with Crippen LogP contribution in [-0.2, 0) is 11.2 Å². The van der Waals surface area contributed by atoms with Crippen molar-refractivity contribution >= 4 is 11.6 Å². The van der Waals surface area contributed by atoms with Crippen LogP contribution in [0.5, 0.6) is 0 Å².